The molecule has 2 N–H and O–H groups in total. The molecule has 0 heterocycles. The topological polar surface area (TPSA) is 52.3 Å². The quantitative estimate of drug-likeness (QED) is 0.681. The Morgan fingerprint density at radius 3 is 2.56 bits per heavy atom. The second-order valence-corrected chi connectivity index (χ2v) is 4.27. The maximum Gasteiger partial charge on any atom is 0.338 e. The maximum atomic E-state index is 11.8. The molecule has 2 rings (SSSR count). The van der Waals surface area contributed by atoms with Gasteiger partial charge in [-0.1, -0.05) is 41.9 Å². The number of hydrogen-bond donors (Lipinski definition) is 1. The molecule has 92 valence electrons. The summed E-state index contributed by atoms with van der Waals surface area (Å²) in [5.74, 6) is -0.437. The second-order valence-electron chi connectivity index (χ2n) is 3.83. The van der Waals surface area contributed by atoms with Crippen LogP contribution in [0.2, 0.25) is 5.02 Å². The Hall–Kier alpha value is -2.00. The molecule has 0 aliphatic carbocycles. The van der Waals surface area contributed by atoms with Crippen molar-refractivity contribution in [2.75, 3.05) is 5.73 Å². The van der Waals surface area contributed by atoms with Gasteiger partial charge in [0.2, 0.25) is 0 Å². The lowest BCUT2D eigenvalue weighted by atomic mass is 10.2. The van der Waals surface area contributed by atoms with Crippen LogP contribution in [0.1, 0.15) is 15.9 Å². The van der Waals surface area contributed by atoms with E-state index < -0.39 is 5.97 Å². The third-order valence-electron chi connectivity index (χ3n) is 2.37. The molecular weight excluding hydrogens is 250 g/mol. The molecule has 0 spiro atoms. The largest absolute Gasteiger partial charge is 0.457 e. The van der Waals surface area contributed by atoms with Gasteiger partial charge in [-0.3, -0.25) is 0 Å². The number of carbonyl (C=O) groups is 1. The first-order valence-electron chi connectivity index (χ1n) is 5.42. The number of carbonyl (C=O) groups excluding carboxylic acids is 1. The Labute approximate surface area is 110 Å². The minimum atomic E-state index is -0.437. The van der Waals surface area contributed by atoms with Crippen molar-refractivity contribution in [1.82, 2.24) is 0 Å². The van der Waals surface area contributed by atoms with Crippen LogP contribution >= 0.6 is 11.6 Å². The average molecular weight is 262 g/mol. The van der Waals surface area contributed by atoms with Crippen LogP contribution in [0.15, 0.2) is 48.5 Å². The normalized spacial score (nSPS) is 10.1. The van der Waals surface area contributed by atoms with Gasteiger partial charge >= 0.3 is 5.97 Å². The highest BCUT2D eigenvalue weighted by atomic mass is 35.5. The lowest BCUT2D eigenvalue weighted by Crippen LogP contribution is -2.05. The van der Waals surface area contributed by atoms with Crippen molar-refractivity contribution in [3.63, 3.8) is 0 Å². The van der Waals surface area contributed by atoms with Crippen molar-refractivity contribution >= 4 is 23.3 Å². The Kier molecular flexibility index (Phi) is 3.85. The van der Waals surface area contributed by atoms with Crippen molar-refractivity contribution in [2.24, 2.45) is 0 Å². The Balaban J connectivity index is 2.04. The molecule has 2 aromatic rings. The number of nitrogens with two attached hydrogens (primary N) is 1. The predicted molar refractivity (Wildman–Crippen MR) is 71.4 cm³/mol. The summed E-state index contributed by atoms with van der Waals surface area (Å²) in [5.41, 5.74) is 7.34. The third kappa shape index (κ3) is 3.25. The van der Waals surface area contributed by atoms with Crippen LogP contribution in [0, 0.1) is 0 Å². The smallest absolute Gasteiger partial charge is 0.338 e. The average Bonchev–Trinajstić information content (AvgIpc) is 2.36. The first-order valence-corrected chi connectivity index (χ1v) is 5.80. The van der Waals surface area contributed by atoms with E-state index in [0.29, 0.717) is 16.3 Å². The van der Waals surface area contributed by atoms with Crippen LogP contribution in [-0.4, -0.2) is 5.97 Å². The fourth-order valence-corrected chi connectivity index (χ4v) is 1.78. The molecular formula is C14H12ClNO2. The van der Waals surface area contributed by atoms with Crippen molar-refractivity contribution in [3.05, 3.63) is 64.7 Å². The van der Waals surface area contributed by atoms with Crippen molar-refractivity contribution in [2.45, 2.75) is 6.61 Å². The molecule has 0 aliphatic heterocycles. The summed E-state index contributed by atoms with van der Waals surface area (Å²) >= 11 is 5.82. The van der Waals surface area contributed by atoms with E-state index in [1.54, 1.807) is 12.1 Å². The maximum absolute atomic E-state index is 11.8. The summed E-state index contributed by atoms with van der Waals surface area (Å²) < 4.78 is 5.17. The van der Waals surface area contributed by atoms with E-state index in [1.165, 1.54) is 6.07 Å². The van der Waals surface area contributed by atoms with Crippen molar-refractivity contribution < 1.29 is 9.53 Å². The van der Waals surface area contributed by atoms with E-state index in [2.05, 4.69) is 0 Å². The first-order chi connectivity index (χ1) is 8.65. The first kappa shape index (κ1) is 12.5. The lowest BCUT2D eigenvalue weighted by Gasteiger charge is -2.06. The van der Waals surface area contributed by atoms with Gasteiger partial charge in [0.25, 0.3) is 0 Å². The minimum absolute atomic E-state index is 0.228. The zero-order valence-electron chi connectivity index (χ0n) is 9.60. The van der Waals surface area contributed by atoms with E-state index in [4.69, 9.17) is 22.1 Å². The summed E-state index contributed by atoms with van der Waals surface area (Å²) in [6.07, 6.45) is 0. The van der Waals surface area contributed by atoms with E-state index in [0.717, 1.165) is 5.56 Å². The number of halogens is 1. The van der Waals surface area contributed by atoms with Gasteiger partial charge in [0.05, 0.1) is 5.56 Å². The van der Waals surface area contributed by atoms with Crippen LogP contribution in [0.25, 0.3) is 0 Å². The predicted octanol–water partition coefficient (Wildman–Crippen LogP) is 3.28. The molecule has 0 fully saturated rings. The fourth-order valence-electron chi connectivity index (χ4n) is 1.54. The van der Waals surface area contributed by atoms with Crippen molar-refractivity contribution in [1.29, 1.82) is 0 Å². The minimum Gasteiger partial charge on any atom is -0.457 e. The van der Waals surface area contributed by atoms with Crippen LogP contribution in [-0.2, 0) is 11.3 Å². The Morgan fingerprint density at radius 2 is 1.89 bits per heavy atom. The molecule has 0 radical (unpaired) electrons. The summed E-state index contributed by atoms with van der Waals surface area (Å²) in [6.45, 7) is 0.228. The van der Waals surface area contributed by atoms with Crippen LogP contribution < -0.4 is 5.73 Å². The van der Waals surface area contributed by atoms with Crippen LogP contribution in [0.5, 0.6) is 0 Å². The van der Waals surface area contributed by atoms with Crippen LogP contribution in [0.4, 0.5) is 5.69 Å². The highest BCUT2D eigenvalue weighted by Gasteiger charge is 2.09. The molecule has 4 heteroatoms. The monoisotopic (exact) mass is 261 g/mol. The lowest BCUT2D eigenvalue weighted by molar-refractivity contribution is 0.0473. The molecule has 0 amide bonds. The number of nitrogen functional groups attached to an aromatic ring is 1. The molecule has 2 aromatic carbocycles. The Bertz CT molecular complexity index is 535. The standard InChI is InChI=1S/C14H12ClNO2/c15-12-6-11(7-13(16)8-12)14(17)18-9-10-4-2-1-3-5-10/h1-8H,9,16H2. The highest BCUT2D eigenvalue weighted by Crippen LogP contribution is 2.17. The van der Waals surface area contributed by atoms with Crippen LogP contribution in [0.3, 0.4) is 0 Å². The van der Waals surface area contributed by atoms with E-state index >= 15 is 0 Å². The number of benzene rings is 2. The molecule has 0 saturated carbocycles. The van der Waals surface area contributed by atoms with Crippen molar-refractivity contribution in [3.8, 4) is 0 Å². The number of ether oxygens (including phenoxy) is 1. The van der Waals surface area contributed by atoms with E-state index in [1.807, 2.05) is 30.3 Å². The van der Waals surface area contributed by atoms with Gasteiger partial charge in [-0.25, -0.2) is 4.79 Å². The van der Waals surface area contributed by atoms with Gasteiger partial charge in [0, 0.05) is 10.7 Å². The SMILES string of the molecule is Nc1cc(Cl)cc(C(=O)OCc2ccccc2)c1. The van der Waals surface area contributed by atoms with Gasteiger partial charge in [-0.2, -0.15) is 0 Å². The molecule has 3 nitrogen and oxygen atoms in total. The summed E-state index contributed by atoms with van der Waals surface area (Å²) in [7, 11) is 0. The van der Waals surface area contributed by atoms with E-state index in [-0.39, 0.29) is 6.61 Å². The molecule has 0 unspecified atom stereocenters. The second kappa shape index (κ2) is 5.56. The molecule has 0 aromatic heterocycles. The van der Waals surface area contributed by atoms with E-state index in [9.17, 15) is 4.79 Å². The molecule has 0 saturated heterocycles. The number of hydrogen-bond acceptors (Lipinski definition) is 3. The van der Waals surface area contributed by atoms with Gasteiger partial charge < -0.3 is 10.5 Å². The zero-order valence-corrected chi connectivity index (χ0v) is 10.4. The molecule has 0 atom stereocenters. The summed E-state index contributed by atoms with van der Waals surface area (Å²) in [4.78, 5) is 11.8. The number of rotatable bonds is 3. The third-order valence-corrected chi connectivity index (χ3v) is 2.59. The van der Waals surface area contributed by atoms with Gasteiger partial charge in [0.15, 0.2) is 0 Å². The highest BCUT2D eigenvalue weighted by molar-refractivity contribution is 6.31. The van der Waals surface area contributed by atoms with Gasteiger partial charge in [-0.15, -0.1) is 0 Å². The molecule has 0 aliphatic rings. The molecule has 0 bridgehead atoms. The summed E-state index contributed by atoms with van der Waals surface area (Å²) in [5, 5.41) is 0.418. The van der Waals surface area contributed by atoms with Gasteiger partial charge in [0.1, 0.15) is 6.61 Å². The van der Waals surface area contributed by atoms with Gasteiger partial charge in [-0.05, 0) is 23.8 Å². The Morgan fingerprint density at radius 1 is 1.17 bits per heavy atom. The number of esters is 1. The molecule has 18 heavy (non-hydrogen) atoms. The summed E-state index contributed by atoms with van der Waals surface area (Å²) in [6, 6.07) is 14.1. The number of anilines is 1. The zero-order chi connectivity index (χ0) is 13.0. The fraction of sp³-hybridized carbons (Fsp3) is 0.0714.